The van der Waals surface area contributed by atoms with Crippen molar-refractivity contribution in [3.8, 4) is 11.5 Å². The SMILES string of the molecule is O=c1ccn(CC(F)(F)F)c(CO)c1O.O=c1ccn(CC(F)(F)F)cc1O. The molecule has 156 valence electrons. The molecule has 28 heavy (non-hydrogen) atoms. The first-order chi connectivity index (χ1) is 12.7. The average molecular weight is 416 g/mol. The third-order valence-corrected chi connectivity index (χ3v) is 3.08. The number of rotatable bonds is 3. The van der Waals surface area contributed by atoms with Gasteiger partial charge in [0.1, 0.15) is 13.1 Å². The van der Waals surface area contributed by atoms with Crippen LogP contribution in [0.3, 0.4) is 0 Å². The minimum absolute atomic E-state index is 0.445. The van der Waals surface area contributed by atoms with Crippen molar-refractivity contribution in [1.82, 2.24) is 9.13 Å². The van der Waals surface area contributed by atoms with Crippen LogP contribution in [0.4, 0.5) is 26.3 Å². The van der Waals surface area contributed by atoms with Crippen molar-refractivity contribution in [1.29, 1.82) is 0 Å². The Morgan fingerprint density at radius 1 is 0.857 bits per heavy atom. The van der Waals surface area contributed by atoms with E-state index in [2.05, 4.69) is 0 Å². The van der Waals surface area contributed by atoms with Crippen LogP contribution in [-0.4, -0.2) is 36.8 Å². The molecule has 2 heterocycles. The zero-order valence-electron chi connectivity index (χ0n) is 13.8. The number of halogens is 6. The summed E-state index contributed by atoms with van der Waals surface area (Å²) in [5.41, 5.74) is -1.96. The Bertz CT molecular complexity index is 917. The van der Waals surface area contributed by atoms with E-state index in [1.54, 1.807) is 0 Å². The summed E-state index contributed by atoms with van der Waals surface area (Å²) in [6.07, 6.45) is -6.25. The number of alkyl halides is 6. The van der Waals surface area contributed by atoms with Crippen molar-refractivity contribution in [3.05, 3.63) is 56.9 Å². The van der Waals surface area contributed by atoms with Gasteiger partial charge in [0.25, 0.3) is 0 Å². The lowest BCUT2D eigenvalue weighted by Crippen LogP contribution is -2.22. The van der Waals surface area contributed by atoms with Crippen molar-refractivity contribution in [2.24, 2.45) is 0 Å². The number of aromatic nitrogens is 2. The van der Waals surface area contributed by atoms with Gasteiger partial charge in [0.15, 0.2) is 11.5 Å². The van der Waals surface area contributed by atoms with Crippen molar-refractivity contribution in [3.63, 3.8) is 0 Å². The summed E-state index contributed by atoms with van der Waals surface area (Å²) in [5, 5.41) is 26.6. The number of nitrogens with zero attached hydrogens (tertiary/aromatic N) is 2. The number of pyridine rings is 2. The summed E-state index contributed by atoms with van der Waals surface area (Å²) < 4.78 is 72.7. The van der Waals surface area contributed by atoms with Crippen molar-refractivity contribution < 1.29 is 41.7 Å². The molecule has 7 nitrogen and oxygen atoms in total. The molecule has 0 aromatic carbocycles. The van der Waals surface area contributed by atoms with Gasteiger partial charge < -0.3 is 24.5 Å². The Kier molecular flexibility index (Phi) is 7.27. The van der Waals surface area contributed by atoms with Gasteiger partial charge in [0.05, 0.1) is 18.5 Å². The molecule has 2 aromatic rings. The molecule has 3 N–H and O–H groups in total. The smallest absolute Gasteiger partial charge is 0.406 e. The van der Waals surface area contributed by atoms with E-state index in [4.69, 9.17) is 15.3 Å². The Balaban J connectivity index is 0.000000283. The van der Waals surface area contributed by atoms with Crippen molar-refractivity contribution >= 4 is 0 Å². The van der Waals surface area contributed by atoms with Gasteiger partial charge in [-0.05, 0) is 0 Å². The van der Waals surface area contributed by atoms with E-state index in [0.717, 1.165) is 30.7 Å². The van der Waals surface area contributed by atoms with Crippen LogP contribution >= 0.6 is 0 Å². The number of aliphatic hydroxyl groups is 1. The fourth-order valence-corrected chi connectivity index (χ4v) is 1.93. The monoisotopic (exact) mass is 416 g/mol. The molecule has 0 saturated heterocycles. The largest absolute Gasteiger partial charge is 0.503 e. The highest BCUT2D eigenvalue weighted by molar-refractivity contribution is 5.26. The standard InChI is InChI=1S/C8H8F3NO3.C7H6F3NO2/c9-8(10,11)4-12-2-1-6(14)7(15)5(12)3-13;8-7(9,10)4-11-2-1-5(12)6(13)3-11/h1-2,13,15H,3-4H2;1-3,13H,4H2. The summed E-state index contributed by atoms with van der Waals surface area (Å²) in [5.74, 6) is -1.55. The topological polar surface area (TPSA) is 105 Å². The summed E-state index contributed by atoms with van der Waals surface area (Å²) in [6.45, 7) is -3.42. The molecule has 0 atom stereocenters. The van der Waals surface area contributed by atoms with Crippen LogP contribution in [0.1, 0.15) is 5.69 Å². The average Bonchev–Trinajstić information content (AvgIpc) is 2.53. The maximum atomic E-state index is 12.0. The molecule has 13 heteroatoms. The van der Waals surface area contributed by atoms with Gasteiger partial charge in [-0.1, -0.05) is 0 Å². The number of hydrogen-bond acceptors (Lipinski definition) is 5. The lowest BCUT2D eigenvalue weighted by molar-refractivity contribution is -0.142. The fourth-order valence-electron chi connectivity index (χ4n) is 1.93. The van der Waals surface area contributed by atoms with E-state index in [9.17, 15) is 35.9 Å². The number of hydrogen-bond donors (Lipinski definition) is 3. The summed E-state index contributed by atoms with van der Waals surface area (Å²) in [6, 6.07) is 1.68. The maximum absolute atomic E-state index is 12.0. The van der Waals surface area contributed by atoms with Crippen molar-refractivity contribution in [2.75, 3.05) is 0 Å². The molecule has 0 fully saturated rings. The molecule has 0 aliphatic rings. The van der Waals surface area contributed by atoms with Crippen LogP contribution in [0.2, 0.25) is 0 Å². The predicted molar refractivity (Wildman–Crippen MR) is 82.8 cm³/mol. The molecule has 0 aliphatic carbocycles. The molecule has 0 aliphatic heterocycles. The second-order valence-corrected chi connectivity index (χ2v) is 5.36. The highest BCUT2D eigenvalue weighted by Crippen LogP contribution is 2.20. The van der Waals surface area contributed by atoms with Gasteiger partial charge in [0, 0.05) is 24.5 Å². The van der Waals surface area contributed by atoms with E-state index in [1.807, 2.05) is 0 Å². The molecular weight excluding hydrogens is 402 g/mol. The zero-order chi connectivity index (χ0) is 21.7. The predicted octanol–water partition coefficient (Wildman–Crippen LogP) is 1.72. The van der Waals surface area contributed by atoms with Crippen LogP contribution < -0.4 is 10.9 Å². The molecule has 2 rings (SSSR count). The molecule has 0 bridgehead atoms. The van der Waals surface area contributed by atoms with Gasteiger partial charge in [-0.3, -0.25) is 9.59 Å². The van der Waals surface area contributed by atoms with E-state index in [0.29, 0.717) is 9.13 Å². The molecule has 0 amide bonds. The normalized spacial score (nSPS) is 11.7. The Hall–Kier alpha value is -2.96. The van der Waals surface area contributed by atoms with Gasteiger partial charge >= 0.3 is 12.4 Å². The third-order valence-electron chi connectivity index (χ3n) is 3.08. The lowest BCUT2D eigenvalue weighted by Gasteiger charge is -2.14. The Labute approximate surface area is 152 Å². The quantitative estimate of drug-likeness (QED) is 0.661. The minimum atomic E-state index is -4.48. The fraction of sp³-hybridized carbons (Fsp3) is 0.333. The molecule has 0 radical (unpaired) electrons. The van der Waals surface area contributed by atoms with Crippen LogP contribution in [-0.2, 0) is 19.7 Å². The van der Waals surface area contributed by atoms with E-state index >= 15 is 0 Å². The minimum Gasteiger partial charge on any atom is -0.503 e. The molecule has 0 saturated carbocycles. The molecule has 2 aromatic heterocycles. The van der Waals surface area contributed by atoms with E-state index < -0.39 is 60.1 Å². The van der Waals surface area contributed by atoms with E-state index in [1.165, 1.54) is 0 Å². The van der Waals surface area contributed by atoms with Crippen molar-refractivity contribution in [2.45, 2.75) is 32.0 Å². The first kappa shape index (κ1) is 23.1. The summed E-state index contributed by atoms with van der Waals surface area (Å²) >= 11 is 0. The first-order valence-corrected chi connectivity index (χ1v) is 7.28. The van der Waals surface area contributed by atoms with Crippen LogP contribution in [0.25, 0.3) is 0 Å². The lowest BCUT2D eigenvalue weighted by atomic mass is 10.3. The Morgan fingerprint density at radius 2 is 1.39 bits per heavy atom. The number of aliphatic hydroxyl groups excluding tert-OH is 1. The van der Waals surface area contributed by atoms with Crippen LogP contribution in [0.5, 0.6) is 11.5 Å². The number of aromatic hydroxyl groups is 2. The molecule has 0 spiro atoms. The summed E-state index contributed by atoms with van der Waals surface area (Å²) in [4.78, 5) is 21.5. The third kappa shape index (κ3) is 7.34. The molecule has 0 unspecified atom stereocenters. The second kappa shape index (κ2) is 8.82. The highest BCUT2D eigenvalue weighted by Gasteiger charge is 2.29. The van der Waals surface area contributed by atoms with Crippen LogP contribution in [0.15, 0.2) is 40.3 Å². The van der Waals surface area contributed by atoms with Gasteiger partial charge in [0.2, 0.25) is 10.9 Å². The van der Waals surface area contributed by atoms with Gasteiger partial charge in [-0.2, -0.15) is 26.3 Å². The van der Waals surface area contributed by atoms with Gasteiger partial charge in [-0.15, -0.1) is 0 Å². The zero-order valence-corrected chi connectivity index (χ0v) is 13.8. The van der Waals surface area contributed by atoms with Crippen LogP contribution in [0, 0.1) is 0 Å². The van der Waals surface area contributed by atoms with Gasteiger partial charge in [-0.25, -0.2) is 0 Å². The summed E-state index contributed by atoms with van der Waals surface area (Å²) in [7, 11) is 0. The first-order valence-electron chi connectivity index (χ1n) is 7.28. The van der Waals surface area contributed by atoms with E-state index in [-0.39, 0.29) is 0 Å². The Morgan fingerprint density at radius 3 is 1.86 bits per heavy atom. The maximum Gasteiger partial charge on any atom is 0.406 e. The second-order valence-electron chi connectivity index (χ2n) is 5.36. The highest BCUT2D eigenvalue weighted by atomic mass is 19.4. The molecular formula is C15H14F6N2O5.